The second-order valence-corrected chi connectivity index (χ2v) is 10.5. The SMILES string of the molecule is CC[C@H](Oc1ccc2c(c1)[C@H](c1cccc(F)c1)N(C(=O)C(C)(C)C)CC2)C(=O)NCC(C)C. The van der Waals surface area contributed by atoms with Crippen molar-refractivity contribution in [1.82, 2.24) is 10.2 Å². The van der Waals surface area contributed by atoms with E-state index in [4.69, 9.17) is 4.74 Å². The van der Waals surface area contributed by atoms with Gasteiger partial charge in [0.25, 0.3) is 5.91 Å². The van der Waals surface area contributed by atoms with E-state index in [0.29, 0.717) is 37.6 Å². The fourth-order valence-corrected chi connectivity index (χ4v) is 4.26. The predicted octanol–water partition coefficient (Wildman–Crippen LogP) is 5.28. The predicted molar refractivity (Wildman–Crippen MR) is 132 cm³/mol. The van der Waals surface area contributed by atoms with Crippen molar-refractivity contribution >= 4 is 11.8 Å². The van der Waals surface area contributed by atoms with Crippen molar-refractivity contribution < 1.29 is 18.7 Å². The third-order valence-corrected chi connectivity index (χ3v) is 6.04. The highest BCUT2D eigenvalue weighted by atomic mass is 19.1. The molecule has 1 heterocycles. The topological polar surface area (TPSA) is 58.6 Å². The smallest absolute Gasteiger partial charge is 0.261 e. The van der Waals surface area contributed by atoms with Gasteiger partial charge in [0.15, 0.2) is 6.10 Å². The van der Waals surface area contributed by atoms with Crippen LogP contribution in [0.2, 0.25) is 0 Å². The molecule has 5 nitrogen and oxygen atoms in total. The number of fused-ring (bicyclic) bond motifs is 1. The molecule has 34 heavy (non-hydrogen) atoms. The summed E-state index contributed by atoms with van der Waals surface area (Å²) in [6, 6.07) is 11.8. The summed E-state index contributed by atoms with van der Waals surface area (Å²) in [4.78, 5) is 27.8. The van der Waals surface area contributed by atoms with E-state index in [1.54, 1.807) is 6.07 Å². The van der Waals surface area contributed by atoms with Crippen LogP contribution in [0.1, 0.15) is 70.7 Å². The lowest BCUT2D eigenvalue weighted by Crippen LogP contribution is -2.45. The molecule has 2 aromatic rings. The molecule has 0 spiro atoms. The van der Waals surface area contributed by atoms with Gasteiger partial charge in [0.05, 0.1) is 6.04 Å². The fourth-order valence-electron chi connectivity index (χ4n) is 4.26. The van der Waals surface area contributed by atoms with Crippen LogP contribution in [0.15, 0.2) is 42.5 Å². The number of amides is 2. The molecule has 0 aliphatic carbocycles. The minimum absolute atomic E-state index is 0.0123. The van der Waals surface area contributed by atoms with Gasteiger partial charge in [-0.1, -0.05) is 59.7 Å². The zero-order valence-corrected chi connectivity index (χ0v) is 21.2. The molecule has 184 valence electrons. The van der Waals surface area contributed by atoms with Gasteiger partial charge in [-0.25, -0.2) is 4.39 Å². The Labute approximate surface area is 202 Å². The fraction of sp³-hybridized carbons (Fsp3) is 0.500. The molecular weight excluding hydrogens is 431 g/mol. The Balaban J connectivity index is 1.98. The Hall–Kier alpha value is -2.89. The summed E-state index contributed by atoms with van der Waals surface area (Å²) in [6.07, 6.45) is 0.624. The lowest BCUT2D eigenvalue weighted by atomic mass is 9.85. The third-order valence-electron chi connectivity index (χ3n) is 6.04. The number of rotatable bonds is 7. The second-order valence-electron chi connectivity index (χ2n) is 10.5. The van der Waals surface area contributed by atoms with Gasteiger partial charge < -0.3 is 15.0 Å². The molecule has 2 aromatic carbocycles. The van der Waals surface area contributed by atoms with E-state index >= 15 is 0 Å². The summed E-state index contributed by atoms with van der Waals surface area (Å²) >= 11 is 0. The molecule has 2 atom stereocenters. The standard InChI is InChI=1S/C28H37FN2O3/c1-7-24(26(32)30-17-18(2)3)34-22-12-11-19-13-14-31(27(33)28(4,5)6)25(23(19)16-22)20-9-8-10-21(29)15-20/h8-12,15-16,18,24-25H,7,13-14,17H2,1-6H3,(H,30,32)/t24-,25-/m0/s1. The van der Waals surface area contributed by atoms with E-state index in [1.807, 2.05) is 70.7 Å². The van der Waals surface area contributed by atoms with Crippen molar-refractivity contribution in [3.05, 3.63) is 65.0 Å². The van der Waals surface area contributed by atoms with Crippen molar-refractivity contribution in [2.45, 2.75) is 66.5 Å². The molecular formula is C28H37FN2O3. The molecule has 0 radical (unpaired) electrons. The van der Waals surface area contributed by atoms with Crippen LogP contribution < -0.4 is 10.1 Å². The molecule has 0 fully saturated rings. The van der Waals surface area contributed by atoms with Crippen LogP contribution in [-0.2, 0) is 16.0 Å². The average molecular weight is 469 g/mol. The van der Waals surface area contributed by atoms with Crippen molar-refractivity contribution in [1.29, 1.82) is 0 Å². The van der Waals surface area contributed by atoms with Gasteiger partial charge in [0.1, 0.15) is 11.6 Å². The van der Waals surface area contributed by atoms with Gasteiger partial charge in [0.2, 0.25) is 5.91 Å². The Kier molecular flexibility index (Phi) is 8.01. The van der Waals surface area contributed by atoms with Crippen LogP contribution in [0.4, 0.5) is 4.39 Å². The molecule has 2 amide bonds. The molecule has 1 aliphatic rings. The first-order chi connectivity index (χ1) is 16.0. The Morgan fingerprint density at radius 2 is 1.91 bits per heavy atom. The number of benzene rings is 2. The van der Waals surface area contributed by atoms with E-state index in [2.05, 4.69) is 5.32 Å². The molecule has 0 aromatic heterocycles. The van der Waals surface area contributed by atoms with Crippen molar-refractivity contribution in [3.8, 4) is 5.75 Å². The maximum atomic E-state index is 14.2. The number of halogens is 1. The molecule has 0 saturated carbocycles. The monoisotopic (exact) mass is 468 g/mol. The maximum absolute atomic E-state index is 14.2. The van der Waals surface area contributed by atoms with Gasteiger partial charge in [-0.15, -0.1) is 0 Å². The Morgan fingerprint density at radius 1 is 1.18 bits per heavy atom. The maximum Gasteiger partial charge on any atom is 0.261 e. The number of carbonyl (C=O) groups excluding carboxylic acids is 2. The summed E-state index contributed by atoms with van der Waals surface area (Å²) in [7, 11) is 0. The summed E-state index contributed by atoms with van der Waals surface area (Å²) in [5.41, 5.74) is 2.15. The highest BCUT2D eigenvalue weighted by molar-refractivity contribution is 5.83. The molecule has 3 rings (SSSR count). The number of hydrogen-bond donors (Lipinski definition) is 1. The number of nitrogens with zero attached hydrogens (tertiary/aromatic N) is 1. The van der Waals surface area contributed by atoms with E-state index in [9.17, 15) is 14.0 Å². The quantitative estimate of drug-likeness (QED) is 0.602. The highest BCUT2D eigenvalue weighted by Gasteiger charge is 2.37. The first kappa shape index (κ1) is 25.7. The van der Waals surface area contributed by atoms with E-state index in [1.165, 1.54) is 12.1 Å². The Bertz CT molecular complexity index is 1030. The lowest BCUT2D eigenvalue weighted by Gasteiger charge is -2.41. The molecule has 1 aliphatic heterocycles. The van der Waals surface area contributed by atoms with Crippen molar-refractivity contribution in [2.75, 3.05) is 13.1 Å². The van der Waals surface area contributed by atoms with Crippen LogP contribution in [0, 0.1) is 17.2 Å². The van der Waals surface area contributed by atoms with Crippen LogP contribution >= 0.6 is 0 Å². The summed E-state index contributed by atoms with van der Waals surface area (Å²) in [6.45, 7) is 12.8. The number of nitrogens with one attached hydrogen (secondary N) is 1. The van der Waals surface area contributed by atoms with Crippen molar-refractivity contribution in [3.63, 3.8) is 0 Å². The summed E-state index contributed by atoms with van der Waals surface area (Å²) in [5.74, 6) is 0.451. The molecule has 6 heteroatoms. The van der Waals surface area contributed by atoms with Gasteiger partial charge in [-0.3, -0.25) is 9.59 Å². The number of hydrogen-bond acceptors (Lipinski definition) is 3. The minimum atomic E-state index is -0.611. The van der Waals surface area contributed by atoms with E-state index < -0.39 is 17.6 Å². The van der Waals surface area contributed by atoms with Crippen LogP contribution in [0.3, 0.4) is 0 Å². The zero-order valence-electron chi connectivity index (χ0n) is 21.2. The first-order valence-electron chi connectivity index (χ1n) is 12.1. The summed E-state index contributed by atoms with van der Waals surface area (Å²) in [5, 5.41) is 2.94. The number of ether oxygens (including phenoxy) is 1. The molecule has 0 unspecified atom stereocenters. The van der Waals surface area contributed by atoms with Crippen LogP contribution in [0.25, 0.3) is 0 Å². The Morgan fingerprint density at radius 3 is 2.53 bits per heavy atom. The molecule has 0 bridgehead atoms. The second kappa shape index (κ2) is 10.6. The highest BCUT2D eigenvalue weighted by Crippen LogP contribution is 2.39. The number of carbonyl (C=O) groups is 2. The first-order valence-corrected chi connectivity index (χ1v) is 12.1. The summed E-state index contributed by atoms with van der Waals surface area (Å²) < 4.78 is 20.3. The lowest BCUT2D eigenvalue weighted by molar-refractivity contribution is -0.141. The average Bonchev–Trinajstić information content (AvgIpc) is 2.78. The van der Waals surface area contributed by atoms with Crippen LogP contribution in [-0.4, -0.2) is 35.9 Å². The van der Waals surface area contributed by atoms with Gasteiger partial charge >= 0.3 is 0 Å². The van der Waals surface area contributed by atoms with Crippen LogP contribution in [0.5, 0.6) is 5.75 Å². The third kappa shape index (κ3) is 5.96. The van der Waals surface area contributed by atoms with Gasteiger partial charge in [-0.2, -0.15) is 0 Å². The van der Waals surface area contributed by atoms with E-state index in [0.717, 1.165) is 16.7 Å². The zero-order chi connectivity index (χ0) is 25.0. The largest absolute Gasteiger partial charge is 0.481 e. The molecule has 1 N–H and O–H groups in total. The normalized spacial score (nSPS) is 16.7. The van der Waals surface area contributed by atoms with Gasteiger partial charge in [0, 0.05) is 18.5 Å². The van der Waals surface area contributed by atoms with Gasteiger partial charge in [-0.05, 0) is 59.7 Å². The molecule has 0 saturated heterocycles. The van der Waals surface area contributed by atoms with E-state index in [-0.39, 0.29) is 17.6 Å². The minimum Gasteiger partial charge on any atom is -0.481 e. The van der Waals surface area contributed by atoms with Crippen molar-refractivity contribution in [2.24, 2.45) is 11.3 Å².